The summed E-state index contributed by atoms with van der Waals surface area (Å²) in [6.45, 7) is 4.74. The number of aromatic nitrogens is 4. The van der Waals surface area contributed by atoms with Crippen LogP contribution in [0.5, 0.6) is 0 Å². The third-order valence-electron chi connectivity index (χ3n) is 4.76. The van der Waals surface area contributed by atoms with Gasteiger partial charge in [-0.25, -0.2) is 8.42 Å². The van der Waals surface area contributed by atoms with E-state index in [0.29, 0.717) is 40.8 Å². The summed E-state index contributed by atoms with van der Waals surface area (Å²) in [5, 5.41) is 12.4. The van der Waals surface area contributed by atoms with Crippen LogP contribution in [0.2, 0.25) is 0 Å². The minimum absolute atomic E-state index is 0.178. The maximum atomic E-state index is 13.1. The van der Waals surface area contributed by atoms with Gasteiger partial charge in [0.05, 0.1) is 11.4 Å². The van der Waals surface area contributed by atoms with E-state index in [1.54, 1.807) is 35.0 Å². The molecule has 9 nitrogen and oxygen atoms in total. The van der Waals surface area contributed by atoms with Crippen molar-refractivity contribution in [2.24, 2.45) is 0 Å². The lowest BCUT2D eigenvalue weighted by Crippen LogP contribution is -2.36. The van der Waals surface area contributed by atoms with Crippen LogP contribution in [0.25, 0.3) is 11.7 Å². The summed E-state index contributed by atoms with van der Waals surface area (Å²) < 4.78 is 40.9. The van der Waals surface area contributed by atoms with Crippen molar-refractivity contribution in [2.45, 2.75) is 44.6 Å². The van der Waals surface area contributed by atoms with Crippen LogP contribution < -0.4 is 0 Å². The van der Waals surface area contributed by atoms with E-state index in [1.807, 2.05) is 0 Å². The number of halogens is 1. The third kappa shape index (κ3) is 3.53. The Hall–Kier alpha value is -1.98. The standard InChI is InChI=1S/C17H20BrN5O4S/c1-11-16(28(24,25)22-8-4-3-5-9-22)12(2)23(21-11)10-15-19-20-17(27-15)13-6-7-14(18)26-13/h6-7H,3-5,8-10H2,1-2H3. The lowest BCUT2D eigenvalue weighted by Gasteiger charge is -2.25. The molecule has 3 aromatic heterocycles. The van der Waals surface area contributed by atoms with Gasteiger partial charge in [0.25, 0.3) is 5.89 Å². The van der Waals surface area contributed by atoms with Crippen LogP contribution >= 0.6 is 15.9 Å². The van der Waals surface area contributed by atoms with Crippen molar-refractivity contribution >= 4 is 26.0 Å². The topological polar surface area (TPSA) is 107 Å². The molecule has 0 N–H and O–H groups in total. The average molecular weight is 470 g/mol. The maximum Gasteiger partial charge on any atom is 0.283 e. The van der Waals surface area contributed by atoms with E-state index in [0.717, 1.165) is 19.3 Å². The minimum atomic E-state index is -3.57. The van der Waals surface area contributed by atoms with E-state index in [4.69, 9.17) is 8.83 Å². The van der Waals surface area contributed by atoms with Crippen LogP contribution in [0.1, 0.15) is 36.5 Å². The fraction of sp³-hybridized carbons (Fsp3) is 0.471. The Labute approximate surface area is 170 Å². The van der Waals surface area contributed by atoms with Gasteiger partial charge in [0.2, 0.25) is 15.9 Å². The van der Waals surface area contributed by atoms with E-state index in [-0.39, 0.29) is 17.3 Å². The molecule has 4 heterocycles. The van der Waals surface area contributed by atoms with Crippen LogP contribution in [0.3, 0.4) is 0 Å². The molecular weight excluding hydrogens is 450 g/mol. The Balaban J connectivity index is 1.60. The summed E-state index contributed by atoms with van der Waals surface area (Å²) in [6, 6.07) is 3.45. The molecule has 11 heteroatoms. The zero-order chi connectivity index (χ0) is 19.9. The fourth-order valence-corrected chi connectivity index (χ4v) is 5.61. The highest BCUT2D eigenvalue weighted by Gasteiger charge is 2.32. The summed E-state index contributed by atoms with van der Waals surface area (Å²) in [7, 11) is -3.57. The van der Waals surface area contributed by atoms with Crippen molar-refractivity contribution < 1.29 is 17.3 Å². The highest BCUT2D eigenvalue weighted by atomic mass is 79.9. The third-order valence-corrected chi connectivity index (χ3v) is 7.34. The first kappa shape index (κ1) is 19.3. The smallest absolute Gasteiger partial charge is 0.283 e. The molecule has 28 heavy (non-hydrogen) atoms. The van der Waals surface area contributed by atoms with Crippen LogP contribution in [0.4, 0.5) is 0 Å². The number of nitrogens with zero attached hydrogens (tertiary/aromatic N) is 5. The second-order valence-corrected chi connectivity index (χ2v) is 9.38. The van der Waals surface area contributed by atoms with E-state index >= 15 is 0 Å². The highest BCUT2D eigenvalue weighted by Crippen LogP contribution is 2.27. The molecule has 1 saturated heterocycles. The van der Waals surface area contributed by atoms with Gasteiger partial charge in [0.15, 0.2) is 10.4 Å². The van der Waals surface area contributed by atoms with Gasteiger partial charge in [0.1, 0.15) is 11.4 Å². The molecule has 0 aliphatic carbocycles. The molecule has 0 bridgehead atoms. The Morgan fingerprint density at radius 3 is 2.54 bits per heavy atom. The molecule has 4 rings (SSSR count). The first-order valence-electron chi connectivity index (χ1n) is 8.98. The molecule has 0 aromatic carbocycles. The minimum Gasteiger partial charge on any atom is -0.444 e. The molecular formula is C17H20BrN5O4S. The van der Waals surface area contributed by atoms with E-state index in [2.05, 4.69) is 31.2 Å². The molecule has 0 atom stereocenters. The van der Waals surface area contributed by atoms with E-state index in [9.17, 15) is 8.42 Å². The number of furan rings is 1. The van der Waals surface area contributed by atoms with E-state index in [1.165, 1.54) is 0 Å². The van der Waals surface area contributed by atoms with Gasteiger partial charge in [0, 0.05) is 13.1 Å². The Morgan fingerprint density at radius 1 is 1.11 bits per heavy atom. The Morgan fingerprint density at radius 2 is 1.86 bits per heavy atom. The van der Waals surface area contributed by atoms with Crippen LogP contribution in [-0.4, -0.2) is 45.8 Å². The molecule has 0 spiro atoms. The van der Waals surface area contributed by atoms with Gasteiger partial charge >= 0.3 is 0 Å². The number of sulfonamides is 1. The lowest BCUT2D eigenvalue weighted by atomic mass is 10.2. The molecule has 0 amide bonds. The van der Waals surface area contributed by atoms with Crippen molar-refractivity contribution in [2.75, 3.05) is 13.1 Å². The van der Waals surface area contributed by atoms with Crippen LogP contribution in [0, 0.1) is 13.8 Å². The average Bonchev–Trinajstić information content (AvgIpc) is 3.36. The number of rotatable bonds is 5. The predicted octanol–water partition coefficient (Wildman–Crippen LogP) is 3.13. The number of piperidine rings is 1. The monoisotopic (exact) mass is 469 g/mol. The van der Waals surface area contributed by atoms with Crippen LogP contribution in [0.15, 0.2) is 30.5 Å². The van der Waals surface area contributed by atoms with Gasteiger partial charge in [-0.15, -0.1) is 10.2 Å². The second kappa shape index (κ2) is 7.45. The molecule has 3 aromatic rings. The van der Waals surface area contributed by atoms with Crippen molar-refractivity contribution in [1.82, 2.24) is 24.3 Å². The lowest BCUT2D eigenvalue weighted by molar-refractivity contribution is 0.346. The summed E-state index contributed by atoms with van der Waals surface area (Å²) >= 11 is 3.23. The molecule has 150 valence electrons. The zero-order valence-corrected chi connectivity index (χ0v) is 18.0. The zero-order valence-electron chi connectivity index (χ0n) is 15.6. The van der Waals surface area contributed by atoms with Gasteiger partial charge in [-0.3, -0.25) is 4.68 Å². The first-order valence-corrected chi connectivity index (χ1v) is 11.2. The predicted molar refractivity (Wildman–Crippen MR) is 103 cm³/mol. The van der Waals surface area contributed by atoms with Gasteiger partial charge in [-0.1, -0.05) is 6.42 Å². The first-order chi connectivity index (χ1) is 13.4. The SMILES string of the molecule is Cc1nn(Cc2nnc(-c3ccc(Br)o3)o2)c(C)c1S(=O)(=O)N1CCCCC1. The largest absolute Gasteiger partial charge is 0.444 e. The van der Waals surface area contributed by atoms with Crippen molar-refractivity contribution in [3.8, 4) is 11.7 Å². The fourth-order valence-electron chi connectivity index (χ4n) is 3.42. The summed E-state index contributed by atoms with van der Waals surface area (Å²) in [4.78, 5) is 0.268. The van der Waals surface area contributed by atoms with Crippen LogP contribution in [-0.2, 0) is 16.6 Å². The Kier molecular flexibility index (Phi) is 5.15. The number of hydrogen-bond acceptors (Lipinski definition) is 7. The van der Waals surface area contributed by atoms with Crippen molar-refractivity contribution in [3.05, 3.63) is 34.1 Å². The number of aryl methyl sites for hydroxylation is 1. The number of hydrogen-bond donors (Lipinski definition) is 0. The quantitative estimate of drug-likeness (QED) is 0.564. The maximum absolute atomic E-state index is 13.1. The molecule has 0 radical (unpaired) electrons. The summed E-state index contributed by atoms with van der Waals surface area (Å²) in [6.07, 6.45) is 2.84. The van der Waals surface area contributed by atoms with Gasteiger partial charge in [-0.2, -0.15) is 9.40 Å². The summed E-state index contributed by atoms with van der Waals surface area (Å²) in [5.74, 6) is 1.02. The molecule has 1 aliphatic heterocycles. The normalized spacial score (nSPS) is 16.0. The molecule has 0 saturated carbocycles. The van der Waals surface area contributed by atoms with E-state index < -0.39 is 10.0 Å². The molecule has 1 fully saturated rings. The van der Waals surface area contributed by atoms with Crippen molar-refractivity contribution in [1.29, 1.82) is 0 Å². The summed E-state index contributed by atoms with van der Waals surface area (Å²) in [5.41, 5.74) is 1.03. The molecule has 1 aliphatic rings. The van der Waals surface area contributed by atoms with Gasteiger partial charge in [-0.05, 0) is 54.8 Å². The van der Waals surface area contributed by atoms with Gasteiger partial charge < -0.3 is 8.83 Å². The Bertz CT molecular complexity index is 1090. The second-order valence-electron chi connectivity index (χ2n) is 6.73. The molecule has 0 unspecified atom stereocenters. The highest BCUT2D eigenvalue weighted by molar-refractivity contribution is 9.10. The van der Waals surface area contributed by atoms with Crippen molar-refractivity contribution in [3.63, 3.8) is 0 Å².